The van der Waals surface area contributed by atoms with Gasteiger partial charge < -0.3 is 4.74 Å². The van der Waals surface area contributed by atoms with Gasteiger partial charge in [0, 0.05) is 0 Å². The van der Waals surface area contributed by atoms with Crippen LogP contribution in [-0.2, 0) is 14.8 Å². The molecule has 116 valence electrons. The number of carbonyl (C=O) groups excluding carboxylic acids is 1. The first-order valence-electron chi connectivity index (χ1n) is 7.22. The van der Waals surface area contributed by atoms with E-state index in [1.54, 1.807) is 13.0 Å². The predicted octanol–water partition coefficient (Wildman–Crippen LogP) is 2.52. The maximum absolute atomic E-state index is 12.3. The van der Waals surface area contributed by atoms with Crippen molar-refractivity contribution in [1.29, 1.82) is 0 Å². The van der Waals surface area contributed by atoms with Crippen molar-refractivity contribution in [3.8, 4) is 0 Å². The Labute approximate surface area is 125 Å². The Morgan fingerprint density at radius 3 is 2.38 bits per heavy atom. The van der Waals surface area contributed by atoms with E-state index in [4.69, 9.17) is 9.88 Å². The van der Waals surface area contributed by atoms with Crippen molar-refractivity contribution in [3.05, 3.63) is 29.3 Å². The summed E-state index contributed by atoms with van der Waals surface area (Å²) < 4.78 is 28.3. The number of hydrogen-bond donors (Lipinski definition) is 1. The van der Waals surface area contributed by atoms with Gasteiger partial charge in [0.05, 0.1) is 10.5 Å². The Kier molecular flexibility index (Phi) is 5.00. The second kappa shape index (κ2) is 6.58. The van der Waals surface area contributed by atoms with Crippen LogP contribution in [0.25, 0.3) is 0 Å². The van der Waals surface area contributed by atoms with E-state index in [0.717, 1.165) is 25.7 Å². The molecule has 0 heterocycles. The molecule has 1 aromatic rings. The van der Waals surface area contributed by atoms with Gasteiger partial charge in [0.25, 0.3) is 0 Å². The minimum atomic E-state index is -3.82. The monoisotopic (exact) mass is 311 g/mol. The van der Waals surface area contributed by atoms with Gasteiger partial charge in [0.2, 0.25) is 10.0 Å². The molecular weight excluding hydrogens is 290 g/mol. The van der Waals surface area contributed by atoms with Gasteiger partial charge in [0.1, 0.15) is 6.10 Å². The van der Waals surface area contributed by atoms with Gasteiger partial charge >= 0.3 is 5.97 Å². The zero-order chi connectivity index (χ0) is 15.5. The van der Waals surface area contributed by atoms with Crippen LogP contribution in [0.2, 0.25) is 0 Å². The lowest BCUT2D eigenvalue weighted by atomic mass is 10.1. The molecule has 21 heavy (non-hydrogen) atoms. The molecule has 0 radical (unpaired) electrons. The first kappa shape index (κ1) is 16.0. The van der Waals surface area contributed by atoms with Crippen LogP contribution in [0.3, 0.4) is 0 Å². The third-order valence-electron chi connectivity index (χ3n) is 3.83. The largest absolute Gasteiger partial charge is 0.459 e. The number of aryl methyl sites for hydroxylation is 1. The lowest BCUT2D eigenvalue weighted by molar-refractivity contribution is 0.0266. The standard InChI is InChI=1S/C15H21NO4S/c1-11-8-9-13(21(16,18)19)10-14(11)15(17)20-12-6-4-2-3-5-7-12/h8-10,12H,2-7H2,1H3,(H2,16,18,19). The quantitative estimate of drug-likeness (QED) is 0.686. The van der Waals surface area contributed by atoms with Crippen LogP contribution >= 0.6 is 0 Å². The molecule has 1 fully saturated rings. The molecule has 0 aromatic heterocycles. The highest BCUT2D eigenvalue weighted by Gasteiger charge is 2.20. The van der Waals surface area contributed by atoms with Gasteiger partial charge in [-0.15, -0.1) is 0 Å². The van der Waals surface area contributed by atoms with Crippen LogP contribution < -0.4 is 5.14 Å². The Balaban J connectivity index is 2.18. The van der Waals surface area contributed by atoms with Gasteiger partial charge in [-0.1, -0.05) is 18.9 Å². The van der Waals surface area contributed by atoms with Crippen molar-refractivity contribution in [2.75, 3.05) is 0 Å². The van der Waals surface area contributed by atoms with Crippen molar-refractivity contribution in [2.45, 2.75) is 56.4 Å². The van der Waals surface area contributed by atoms with Gasteiger partial charge in [-0.25, -0.2) is 18.4 Å². The van der Waals surface area contributed by atoms with Gasteiger partial charge in [-0.05, 0) is 50.3 Å². The minimum Gasteiger partial charge on any atom is -0.459 e. The summed E-state index contributed by atoms with van der Waals surface area (Å²) in [4.78, 5) is 12.2. The lowest BCUT2D eigenvalue weighted by Gasteiger charge is -2.16. The fourth-order valence-corrected chi connectivity index (χ4v) is 3.11. The third-order valence-corrected chi connectivity index (χ3v) is 4.74. The number of ether oxygens (including phenoxy) is 1. The summed E-state index contributed by atoms with van der Waals surface area (Å²) in [6.45, 7) is 1.75. The van der Waals surface area contributed by atoms with Crippen LogP contribution in [0.4, 0.5) is 0 Å². The zero-order valence-corrected chi connectivity index (χ0v) is 13.0. The Morgan fingerprint density at radius 2 is 1.81 bits per heavy atom. The normalized spacial score (nSPS) is 17.2. The zero-order valence-electron chi connectivity index (χ0n) is 12.2. The van der Waals surface area contributed by atoms with Crippen molar-refractivity contribution in [3.63, 3.8) is 0 Å². The van der Waals surface area contributed by atoms with E-state index in [-0.39, 0.29) is 16.6 Å². The summed E-state index contributed by atoms with van der Waals surface area (Å²) in [6.07, 6.45) is 6.15. The molecule has 0 unspecified atom stereocenters. The number of rotatable bonds is 3. The van der Waals surface area contributed by atoms with Crippen LogP contribution in [0.1, 0.15) is 54.4 Å². The highest BCUT2D eigenvalue weighted by molar-refractivity contribution is 7.89. The fraction of sp³-hybridized carbons (Fsp3) is 0.533. The molecule has 1 aliphatic carbocycles. The van der Waals surface area contributed by atoms with Gasteiger partial charge in [-0.2, -0.15) is 0 Å². The van der Waals surface area contributed by atoms with Crippen molar-refractivity contribution < 1.29 is 17.9 Å². The number of sulfonamides is 1. The number of benzene rings is 1. The smallest absolute Gasteiger partial charge is 0.338 e. The number of hydrogen-bond acceptors (Lipinski definition) is 4. The second-order valence-electron chi connectivity index (χ2n) is 5.54. The summed E-state index contributed by atoms with van der Waals surface area (Å²) in [5.41, 5.74) is 0.951. The molecule has 5 nitrogen and oxygen atoms in total. The van der Waals surface area contributed by atoms with E-state index in [9.17, 15) is 13.2 Å². The molecule has 0 amide bonds. The van der Waals surface area contributed by atoms with Crippen LogP contribution in [0.15, 0.2) is 23.1 Å². The summed E-state index contributed by atoms with van der Waals surface area (Å²) in [5.74, 6) is -0.468. The number of primary sulfonamides is 1. The molecule has 0 aliphatic heterocycles. The van der Waals surface area contributed by atoms with E-state index in [2.05, 4.69) is 0 Å². The molecule has 0 bridgehead atoms. The molecule has 1 aliphatic rings. The van der Waals surface area contributed by atoms with E-state index in [0.29, 0.717) is 5.56 Å². The molecule has 6 heteroatoms. The molecule has 2 N–H and O–H groups in total. The molecular formula is C15H21NO4S. The third kappa shape index (κ3) is 4.28. The Morgan fingerprint density at radius 1 is 1.19 bits per heavy atom. The lowest BCUT2D eigenvalue weighted by Crippen LogP contribution is -2.19. The van der Waals surface area contributed by atoms with Gasteiger partial charge in [0.15, 0.2) is 0 Å². The molecule has 0 atom stereocenters. The maximum Gasteiger partial charge on any atom is 0.338 e. The van der Waals surface area contributed by atoms with Crippen molar-refractivity contribution >= 4 is 16.0 Å². The summed E-state index contributed by atoms with van der Waals surface area (Å²) in [5, 5.41) is 5.10. The summed E-state index contributed by atoms with van der Waals surface area (Å²) in [7, 11) is -3.82. The Hall–Kier alpha value is -1.40. The van der Waals surface area contributed by atoms with Crippen LogP contribution in [0.5, 0.6) is 0 Å². The maximum atomic E-state index is 12.3. The SMILES string of the molecule is Cc1ccc(S(N)(=O)=O)cc1C(=O)OC1CCCCCC1. The summed E-state index contributed by atoms with van der Waals surface area (Å²) >= 11 is 0. The number of esters is 1. The molecule has 1 saturated carbocycles. The van der Waals surface area contributed by atoms with Crippen LogP contribution in [-0.4, -0.2) is 20.5 Å². The molecule has 2 rings (SSSR count). The van der Waals surface area contributed by atoms with Crippen LogP contribution in [0, 0.1) is 6.92 Å². The fourth-order valence-electron chi connectivity index (χ4n) is 2.57. The van der Waals surface area contributed by atoms with Crippen molar-refractivity contribution in [2.24, 2.45) is 5.14 Å². The number of carbonyl (C=O) groups is 1. The molecule has 0 spiro atoms. The molecule has 1 aromatic carbocycles. The topological polar surface area (TPSA) is 86.5 Å². The highest BCUT2D eigenvalue weighted by atomic mass is 32.2. The van der Waals surface area contributed by atoms with Crippen molar-refractivity contribution in [1.82, 2.24) is 0 Å². The molecule has 0 saturated heterocycles. The van der Waals surface area contributed by atoms with E-state index < -0.39 is 16.0 Å². The van der Waals surface area contributed by atoms with E-state index in [1.165, 1.54) is 25.0 Å². The van der Waals surface area contributed by atoms with Gasteiger partial charge in [-0.3, -0.25) is 0 Å². The second-order valence-corrected chi connectivity index (χ2v) is 7.10. The predicted molar refractivity (Wildman–Crippen MR) is 79.5 cm³/mol. The Bertz CT molecular complexity index is 617. The number of nitrogens with two attached hydrogens (primary N) is 1. The average molecular weight is 311 g/mol. The van der Waals surface area contributed by atoms with E-state index >= 15 is 0 Å². The van der Waals surface area contributed by atoms with E-state index in [1.807, 2.05) is 0 Å². The summed E-state index contributed by atoms with van der Waals surface area (Å²) in [6, 6.07) is 4.26. The first-order chi connectivity index (χ1) is 9.88. The average Bonchev–Trinajstić information content (AvgIpc) is 2.66. The minimum absolute atomic E-state index is 0.0686. The highest BCUT2D eigenvalue weighted by Crippen LogP contribution is 2.22. The first-order valence-corrected chi connectivity index (χ1v) is 8.77.